The molecule has 0 amide bonds. The van der Waals surface area contributed by atoms with E-state index >= 15 is 0 Å². The second-order valence-corrected chi connectivity index (χ2v) is 18.6. The topological polar surface area (TPSA) is 76.3 Å². The molecule has 1 aromatic heterocycles. The molecule has 0 spiro atoms. The molecule has 0 bridgehead atoms. The van der Waals surface area contributed by atoms with Crippen LogP contribution >= 0.6 is 0 Å². The Morgan fingerprint density at radius 3 is 1.61 bits per heavy atom. The summed E-state index contributed by atoms with van der Waals surface area (Å²) in [5.74, 6) is 0. The average molecular weight is 781 g/mol. The van der Waals surface area contributed by atoms with Gasteiger partial charge in [0.1, 0.15) is 23.8 Å². The lowest BCUT2D eigenvalue weighted by Gasteiger charge is -2.19. The number of nitrogens with zero attached hydrogens (tertiary/aromatic N) is 4. The van der Waals surface area contributed by atoms with Gasteiger partial charge in [-0.3, -0.25) is 0 Å². The molecule has 0 saturated carbocycles. The van der Waals surface area contributed by atoms with Crippen LogP contribution < -0.4 is 0 Å². The number of nitriles is 3. The van der Waals surface area contributed by atoms with Crippen molar-refractivity contribution in [3.63, 3.8) is 0 Å². The Labute approximate surface area is 354 Å². The molecule has 4 heteroatoms. The predicted molar refractivity (Wildman–Crippen MR) is 255 cm³/mol. The molecule has 0 aliphatic rings. The van der Waals surface area contributed by atoms with E-state index < -0.39 is 0 Å². The molecule has 0 N–H and O–H groups in total. The van der Waals surface area contributed by atoms with E-state index in [9.17, 15) is 15.8 Å². The lowest BCUT2D eigenvalue weighted by molar-refractivity contribution is 0.590. The molecular weight excluding hydrogens is 741 g/mol. The summed E-state index contributed by atoms with van der Waals surface area (Å²) in [6, 6.07) is 54.8. The largest absolute Gasteiger partial charge is 0.309 e. The van der Waals surface area contributed by atoms with Crippen molar-refractivity contribution in [3.8, 4) is 35.0 Å². The Morgan fingerprint density at radius 1 is 0.426 bits per heavy atom. The van der Waals surface area contributed by atoms with Gasteiger partial charge in [-0.1, -0.05) is 139 Å². The zero-order valence-corrected chi connectivity index (χ0v) is 35.0. The van der Waals surface area contributed by atoms with Gasteiger partial charge in [-0.2, -0.15) is 15.8 Å². The third-order valence-corrected chi connectivity index (χ3v) is 13.1. The van der Waals surface area contributed by atoms with E-state index in [1.165, 1.54) is 70.6 Å². The second-order valence-electron chi connectivity index (χ2n) is 18.6. The summed E-state index contributed by atoms with van der Waals surface area (Å²) >= 11 is 0. The first-order valence-electron chi connectivity index (χ1n) is 20.9. The molecule has 0 atom stereocenters. The van der Waals surface area contributed by atoms with Gasteiger partial charge in [0, 0.05) is 22.0 Å². The smallest absolute Gasteiger partial charge is 0.148 e. The number of hydrogen-bond acceptors (Lipinski definition) is 3. The monoisotopic (exact) mass is 780 g/mol. The molecule has 0 unspecified atom stereocenters. The van der Waals surface area contributed by atoms with Gasteiger partial charge in [0.25, 0.3) is 0 Å². The maximum absolute atomic E-state index is 10.3. The van der Waals surface area contributed by atoms with E-state index in [0.717, 1.165) is 43.7 Å². The van der Waals surface area contributed by atoms with Crippen molar-refractivity contribution >= 4 is 92.0 Å². The van der Waals surface area contributed by atoms with E-state index in [1.54, 1.807) is 0 Å². The fourth-order valence-electron chi connectivity index (χ4n) is 10.3. The van der Waals surface area contributed by atoms with E-state index in [-0.39, 0.29) is 22.0 Å². The minimum Gasteiger partial charge on any atom is -0.309 e. The van der Waals surface area contributed by atoms with E-state index in [0.29, 0.717) is 5.56 Å². The van der Waals surface area contributed by atoms with Crippen LogP contribution in [0.3, 0.4) is 0 Å². The van der Waals surface area contributed by atoms with Gasteiger partial charge < -0.3 is 4.57 Å². The first-order valence-corrected chi connectivity index (χ1v) is 20.9. The summed E-state index contributed by atoms with van der Waals surface area (Å²) in [6.45, 7) is 13.7. The van der Waals surface area contributed by atoms with E-state index in [4.69, 9.17) is 0 Å². The lowest BCUT2D eigenvalue weighted by Crippen LogP contribution is -2.10. The van der Waals surface area contributed by atoms with Crippen LogP contribution in [0, 0.1) is 34.0 Å². The molecule has 1 heterocycles. The van der Waals surface area contributed by atoms with Crippen molar-refractivity contribution in [2.24, 2.45) is 0 Å². The maximum Gasteiger partial charge on any atom is 0.148 e. The molecule has 0 aliphatic heterocycles. The van der Waals surface area contributed by atoms with Gasteiger partial charge in [0.15, 0.2) is 0 Å². The van der Waals surface area contributed by atoms with E-state index in [1.807, 2.05) is 30.3 Å². The number of fused-ring (bicyclic) bond motifs is 10. The van der Waals surface area contributed by atoms with Crippen LogP contribution in [0.15, 0.2) is 139 Å². The summed E-state index contributed by atoms with van der Waals surface area (Å²) in [5.41, 5.74) is 8.84. The Balaban J connectivity index is 1.36. The molecule has 0 radical (unpaired) electrons. The summed E-state index contributed by atoms with van der Waals surface area (Å²) in [5, 5.41) is 46.2. The first kappa shape index (κ1) is 36.4. The highest BCUT2D eigenvalue weighted by Gasteiger charge is 2.28. The summed E-state index contributed by atoms with van der Waals surface area (Å²) in [7, 11) is 0. The minimum atomic E-state index is -0.187. The quantitative estimate of drug-likeness (QED) is 0.168. The van der Waals surface area contributed by atoms with Gasteiger partial charge in [-0.25, -0.2) is 0 Å². The normalized spacial score (nSPS) is 12.4. The van der Waals surface area contributed by atoms with Gasteiger partial charge in [-0.15, -0.1) is 0 Å². The number of hydrogen-bond donors (Lipinski definition) is 0. The fourth-order valence-corrected chi connectivity index (χ4v) is 10.3. The predicted octanol–water partition coefficient (Wildman–Crippen LogP) is 15.2. The number of allylic oxidation sites excluding steroid dienone is 2. The van der Waals surface area contributed by atoms with Crippen LogP contribution in [-0.2, 0) is 10.8 Å². The van der Waals surface area contributed by atoms with Gasteiger partial charge in [-0.05, 0) is 134 Å². The highest BCUT2D eigenvalue weighted by Crippen LogP contribution is 2.54. The maximum atomic E-state index is 10.3. The molecule has 0 fully saturated rings. The van der Waals surface area contributed by atoms with Crippen LogP contribution in [0.5, 0.6) is 0 Å². The molecule has 4 nitrogen and oxygen atoms in total. The van der Waals surface area contributed by atoms with Crippen molar-refractivity contribution in [2.45, 2.75) is 52.4 Å². The SMILES string of the molecule is CC(C)(C)c1ccc2c(c1)c1cc(C(C)(C)C)ccc1n2-c1cc2c(-c3ccccc3)c3c4cccc5c(C(C#N)=C(C#N)C#N)ccc(c54)c3c3c4ccccc4c(c1)c23. The molecule has 288 valence electrons. The zero-order chi connectivity index (χ0) is 42.1. The minimum absolute atomic E-state index is 0.00835. The average Bonchev–Trinajstić information content (AvgIpc) is 3.89. The Morgan fingerprint density at radius 2 is 0.984 bits per heavy atom. The Bertz CT molecular complexity index is 3760. The second kappa shape index (κ2) is 12.6. The summed E-state index contributed by atoms with van der Waals surface area (Å²) in [6.07, 6.45) is 0. The molecule has 0 saturated heterocycles. The van der Waals surface area contributed by atoms with Crippen LogP contribution in [0.4, 0.5) is 0 Å². The third kappa shape index (κ3) is 5.02. The Hall–Kier alpha value is -7.71. The summed E-state index contributed by atoms with van der Waals surface area (Å²) in [4.78, 5) is 0. The summed E-state index contributed by atoms with van der Waals surface area (Å²) < 4.78 is 2.47. The zero-order valence-electron chi connectivity index (χ0n) is 35.0. The van der Waals surface area contributed by atoms with Crippen molar-refractivity contribution in [1.29, 1.82) is 15.8 Å². The number of aromatic nitrogens is 1. The van der Waals surface area contributed by atoms with E-state index in [2.05, 4.69) is 167 Å². The molecule has 0 aliphatic carbocycles. The van der Waals surface area contributed by atoms with Crippen molar-refractivity contribution < 1.29 is 0 Å². The van der Waals surface area contributed by atoms with Gasteiger partial charge >= 0.3 is 0 Å². The number of rotatable bonds is 3. The van der Waals surface area contributed by atoms with Gasteiger partial charge in [0.05, 0.1) is 16.6 Å². The van der Waals surface area contributed by atoms with Crippen LogP contribution in [0.1, 0.15) is 58.2 Å². The highest BCUT2D eigenvalue weighted by molar-refractivity contribution is 6.48. The molecule has 11 aromatic rings. The van der Waals surface area contributed by atoms with Crippen LogP contribution in [-0.4, -0.2) is 4.57 Å². The molecule has 61 heavy (non-hydrogen) atoms. The Kier molecular flexibility index (Phi) is 7.54. The van der Waals surface area contributed by atoms with Crippen molar-refractivity contribution in [1.82, 2.24) is 4.57 Å². The van der Waals surface area contributed by atoms with Crippen molar-refractivity contribution in [3.05, 3.63) is 156 Å². The standard InChI is InChI=1S/C57H40N4/c1-56(2,3)34-19-23-48-43(25-34)44-26-35(57(4,5)6)20-24-49(44)61(48)36-27-45-37-15-10-11-16-40(37)53-52(45)46(28-36)50(32-13-8-7-9-14-32)54-41-18-12-17-39-38(47(31-60)33(29-58)30-59)21-22-42(51(39)41)55(53)54/h7-28H,1-6H3. The van der Waals surface area contributed by atoms with Crippen LogP contribution in [0.2, 0.25) is 0 Å². The van der Waals surface area contributed by atoms with Crippen molar-refractivity contribution in [2.75, 3.05) is 0 Å². The molecule has 11 rings (SSSR count). The highest BCUT2D eigenvalue weighted by atomic mass is 15.0. The fraction of sp³-hybridized carbons (Fsp3) is 0.140. The number of benzene rings is 8. The molecule has 10 aromatic carbocycles. The van der Waals surface area contributed by atoms with Crippen LogP contribution in [0.25, 0.3) is 109 Å². The lowest BCUT2D eigenvalue weighted by atomic mass is 9.85. The molecular formula is C57H40N4. The van der Waals surface area contributed by atoms with Gasteiger partial charge in [0.2, 0.25) is 0 Å². The third-order valence-electron chi connectivity index (χ3n) is 13.1. The first-order chi connectivity index (χ1) is 29.4.